The van der Waals surface area contributed by atoms with Gasteiger partial charge in [-0.3, -0.25) is 14.8 Å². The average Bonchev–Trinajstić information content (AvgIpc) is 2.34. The first-order valence-electron chi connectivity index (χ1n) is 5.92. The number of amides is 2. The fourth-order valence-electron chi connectivity index (χ4n) is 2.12. The van der Waals surface area contributed by atoms with Crippen LogP contribution >= 0.6 is 0 Å². The van der Waals surface area contributed by atoms with Gasteiger partial charge in [0.05, 0.1) is 6.54 Å². The third-order valence-corrected chi connectivity index (χ3v) is 3.08. The summed E-state index contributed by atoms with van der Waals surface area (Å²) in [6, 6.07) is 0. The standard InChI is InChI=1S/C11H20N2O3/c14-10(12-8-11(15)13-16)7-6-9-4-2-1-3-5-9/h9,16H,1-8H2,(H,12,14)(H,13,15). The molecule has 0 aromatic rings. The lowest BCUT2D eigenvalue weighted by molar-refractivity contribution is -0.131. The fraction of sp³-hybridized carbons (Fsp3) is 0.818. The Balaban J connectivity index is 2.07. The quantitative estimate of drug-likeness (QED) is 0.484. The second kappa shape index (κ2) is 7.22. The van der Waals surface area contributed by atoms with Gasteiger partial charge < -0.3 is 5.32 Å². The molecule has 16 heavy (non-hydrogen) atoms. The molecule has 2 amide bonds. The van der Waals surface area contributed by atoms with Crippen LogP contribution in [0.25, 0.3) is 0 Å². The molecule has 1 aliphatic carbocycles. The molecule has 0 heterocycles. The first-order chi connectivity index (χ1) is 7.72. The average molecular weight is 228 g/mol. The Morgan fingerprint density at radius 3 is 2.44 bits per heavy atom. The van der Waals surface area contributed by atoms with Crippen molar-refractivity contribution < 1.29 is 14.8 Å². The molecule has 1 aliphatic rings. The summed E-state index contributed by atoms with van der Waals surface area (Å²) >= 11 is 0. The maximum Gasteiger partial charge on any atom is 0.262 e. The van der Waals surface area contributed by atoms with E-state index < -0.39 is 5.91 Å². The monoisotopic (exact) mass is 228 g/mol. The van der Waals surface area contributed by atoms with Gasteiger partial charge >= 0.3 is 0 Å². The van der Waals surface area contributed by atoms with E-state index in [-0.39, 0.29) is 12.5 Å². The van der Waals surface area contributed by atoms with E-state index in [1.807, 2.05) is 0 Å². The first-order valence-corrected chi connectivity index (χ1v) is 5.92. The van der Waals surface area contributed by atoms with Crippen LogP contribution in [0.3, 0.4) is 0 Å². The molecule has 0 spiro atoms. The van der Waals surface area contributed by atoms with Gasteiger partial charge in [0, 0.05) is 6.42 Å². The Labute approximate surface area is 95.6 Å². The molecule has 0 radical (unpaired) electrons. The zero-order valence-corrected chi connectivity index (χ0v) is 9.50. The van der Waals surface area contributed by atoms with Crippen LogP contribution in [0, 0.1) is 5.92 Å². The largest absolute Gasteiger partial charge is 0.347 e. The minimum Gasteiger partial charge on any atom is -0.347 e. The zero-order valence-electron chi connectivity index (χ0n) is 9.50. The summed E-state index contributed by atoms with van der Waals surface area (Å²) < 4.78 is 0. The second-order valence-electron chi connectivity index (χ2n) is 4.35. The predicted molar refractivity (Wildman–Crippen MR) is 58.7 cm³/mol. The molecule has 0 aliphatic heterocycles. The van der Waals surface area contributed by atoms with Crippen molar-refractivity contribution in [3.8, 4) is 0 Å². The number of rotatable bonds is 5. The van der Waals surface area contributed by atoms with E-state index in [0.29, 0.717) is 12.3 Å². The Kier molecular flexibility index (Phi) is 5.85. The van der Waals surface area contributed by atoms with Crippen molar-refractivity contribution in [3.63, 3.8) is 0 Å². The van der Waals surface area contributed by atoms with Gasteiger partial charge in [0.2, 0.25) is 5.91 Å². The molecule has 3 N–H and O–H groups in total. The maximum absolute atomic E-state index is 11.3. The zero-order chi connectivity index (χ0) is 11.8. The van der Waals surface area contributed by atoms with Gasteiger partial charge in [0.15, 0.2) is 0 Å². The normalized spacial score (nSPS) is 16.8. The van der Waals surface area contributed by atoms with Crippen molar-refractivity contribution in [3.05, 3.63) is 0 Å². The van der Waals surface area contributed by atoms with Gasteiger partial charge in [0.1, 0.15) is 0 Å². The third-order valence-electron chi connectivity index (χ3n) is 3.08. The number of hydrogen-bond donors (Lipinski definition) is 3. The summed E-state index contributed by atoms with van der Waals surface area (Å²) in [6.07, 6.45) is 7.71. The first kappa shape index (κ1) is 13.0. The lowest BCUT2D eigenvalue weighted by Gasteiger charge is -2.20. The summed E-state index contributed by atoms with van der Waals surface area (Å²) in [7, 11) is 0. The van der Waals surface area contributed by atoms with Crippen LogP contribution in [0.5, 0.6) is 0 Å². The molecule has 1 rings (SSSR count). The fourth-order valence-corrected chi connectivity index (χ4v) is 2.12. The van der Waals surface area contributed by atoms with E-state index in [0.717, 1.165) is 6.42 Å². The van der Waals surface area contributed by atoms with E-state index in [1.165, 1.54) is 37.6 Å². The van der Waals surface area contributed by atoms with Crippen LogP contribution in [-0.4, -0.2) is 23.6 Å². The molecule has 1 fully saturated rings. The van der Waals surface area contributed by atoms with Crippen LogP contribution in [0.2, 0.25) is 0 Å². The van der Waals surface area contributed by atoms with Crippen LogP contribution in [0.15, 0.2) is 0 Å². The molecule has 0 bridgehead atoms. The molecule has 0 unspecified atom stereocenters. The highest BCUT2D eigenvalue weighted by molar-refractivity contribution is 5.83. The number of carbonyl (C=O) groups is 2. The van der Waals surface area contributed by atoms with Crippen molar-refractivity contribution >= 4 is 11.8 Å². The van der Waals surface area contributed by atoms with Gasteiger partial charge in [-0.15, -0.1) is 0 Å². The van der Waals surface area contributed by atoms with E-state index in [4.69, 9.17) is 5.21 Å². The Bertz CT molecular complexity index is 237. The number of hydrogen-bond acceptors (Lipinski definition) is 3. The highest BCUT2D eigenvalue weighted by atomic mass is 16.5. The summed E-state index contributed by atoms with van der Waals surface area (Å²) in [5.41, 5.74) is 1.47. The Morgan fingerprint density at radius 2 is 1.81 bits per heavy atom. The van der Waals surface area contributed by atoms with Crippen LogP contribution < -0.4 is 10.8 Å². The maximum atomic E-state index is 11.3. The summed E-state index contributed by atoms with van der Waals surface area (Å²) in [4.78, 5) is 22.0. The second-order valence-corrected chi connectivity index (χ2v) is 4.35. The molecule has 0 saturated heterocycles. The van der Waals surface area contributed by atoms with Gasteiger partial charge in [-0.1, -0.05) is 32.1 Å². The minimum atomic E-state index is -0.592. The molecule has 1 saturated carbocycles. The molecular formula is C11H20N2O3. The molecular weight excluding hydrogens is 208 g/mol. The van der Waals surface area contributed by atoms with Gasteiger partial charge in [-0.2, -0.15) is 0 Å². The lowest BCUT2D eigenvalue weighted by atomic mass is 9.86. The Hall–Kier alpha value is -1.10. The third kappa shape index (κ3) is 5.11. The highest BCUT2D eigenvalue weighted by Gasteiger charge is 2.14. The summed E-state index contributed by atoms with van der Waals surface area (Å²) in [5, 5.41) is 10.7. The number of hydroxylamine groups is 1. The van der Waals surface area contributed by atoms with Gasteiger partial charge in [-0.05, 0) is 12.3 Å². The van der Waals surface area contributed by atoms with E-state index >= 15 is 0 Å². The number of carbonyl (C=O) groups excluding carboxylic acids is 2. The highest BCUT2D eigenvalue weighted by Crippen LogP contribution is 2.26. The molecule has 0 aromatic heterocycles. The van der Waals surface area contributed by atoms with Crippen LogP contribution in [0.4, 0.5) is 0 Å². The van der Waals surface area contributed by atoms with Crippen LogP contribution in [0.1, 0.15) is 44.9 Å². The topological polar surface area (TPSA) is 78.4 Å². The molecule has 5 heteroatoms. The minimum absolute atomic E-state index is 0.117. The van der Waals surface area contributed by atoms with Crippen molar-refractivity contribution in [2.75, 3.05) is 6.54 Å². The van der Waals surface area contributed by atoms with Crippen molar-refractivity contribution in [2.45, 2.75) is 44.9 Å². The van der Waals surface area contributed by atoms with Crippen molar-refractivity contribution in [1.29, 1.82) is 0 Å². The summed E-state index contributed by atoms with van der Waals surface area (Å²) in [6.45, 7) is -0.153. The number of nitrogens with one attached hydrogen (secondary N) is 2. The Morgan fingerprint density at radius 1 is 1.12 bits per heavy atom. The van der Waals surface area contributed by atoms with Crippen LogP contribution in [-0.2, 0) is 9.59 Å². The summed E-state index contributed by atoms with van der Waals surface area (Å²) in [5.74, 6) is -0.0358. The molecule has 5 nitrogen and oxygen atoms in total. The molecule has 0 aromatic carbocycles. The SMILES string of the molecule is O=C(CNC(=O)CCC1CCCCC1)NO. The molecule has 0 atom stereocenters. The van der Waals surface area contributed by atoms with Gasteiger partial charge in [0.25, 0.3) is 5.91 Å². The van der Waals surface area contributed by atoms with Gasteiger partial charge in [-0.25, -0.2) is 5.48 Å². The van der Waals surface area contributed by atoms with E-state index in [9.17, 15) is 9.59 Å². The lowest BCUT2D eigenvalue weighted by Crippen LogP contribution is -2.35. The van der Waals surface area contributed by atoms with Crippen molar-refractivity contribution in [1.82, 2.24) is 10.8 Å². The molecule has 92 valence electrons. The van der Waals surface area contributed by atoms with E-state index in [2.05, 4.69) is 5.32 Å². The van der Waals surface area contributed by atoms with Crippen molar-refractivity contribution in [2.24, 2.45) is 5.92 Å². The predicted octanol–water partition coefficient (Wildman–Crippen LogP) is 0.968. The smallest absolute Gasteiger partial charge is 0.262 e. The van der Waals surface area contributed by atoms with E-state index in [1.54, 1.807) is 0 Å².